The Morgan fingerprint density at radius 2 is 1.80 bits per heavy atom. The van der Waals surface area contributed by atoms with Crippen molar-refractivity contribution in [3.63, 3.8) is 0 Å². The molecule has 0 aliphatic carbocycles. The summed E-state index contributed by atoms with van der Waals surface area (Å²) in [4.78, 5) is 13.7. The maximum absolute atomic E-state index is 11.4. The van der Waals surface area contributed by atoms with E-state index in [1.54, 1.807) is 0 Å². The molecule has 0 aliphatic rings. The summed E-state index contributed by atoms with van der Waals surface area (Å²) in [6, 6.07) is 0.351. The van der Waals surface area contributed by atoms with Crippen LogP contribution in [0.25, 0.3) is 0 Å². The zero-order chi connectivity index (χ0) is 11.7. The summed E-state index contributed by atoms with van der Waals surface area (Å²) in [7, 11) is 0. The fourth-order valence-corrected chi connectivity index (χ4v) is 1.90. The highest BCUT2D eigenvalue weighted by Crippen LogP contribution is 2.11. The summed E-state index contributed by atoms with van der Waals surface area (Å²) in [6.45, 7) is 10.8. The lowest BCUT2D eigenvalue weighted by molar-refractivity contribution is -0.144. The highest BCUT2D eigenvalue weighted by Gasteiger charge is 2.18. The third kappa shape index (κ3) is 5.78. The Labute approximate surface area is 93.8 Å². The minimum Gasteiger partial charge on any atom is -0.466 e. The summed E-state index contributed by atoms with van der Waals surface area (Å²) in [5.74, 6) is -0.0668. The largest absolute Gasteiger partial charge is 0.466 e. The first kappa shape index (κ1) is 14.4. The molecule has 0 N–H and O–H groups in total. The molecule has 0 saturated heterocycles. The molecule has 0 radical (unpaired) electrons. The first-order chi connectivity index (χ1) is 7.19. The SMILES string of the molecule is CCCC(CC(=O)OCC)N(CC)CC. The summed E-state index contributed by atoms with van der Waals surface area (Å²) in [5, 5.41) is 0. The lowest BCUT2D eigenvalue weighted by atomic mass is 10.1. The van der Waals surface area contributed by atoms with Crippen molar-refractivity contribution in [2.24, 2.45) is 0 Å². The summed E-state index contributed by atoms with van der Waals surface area (Å²) in [5.41, 5.74) is 0. The molecule has 3 heteroatoms. The van der Waals surface area contributed by atoms with Gasteiger partial charge in [0.15, 0.2) is 0 Å². The molecular weight excluding hydrogens is 190 g/mol. The molecule has 0 heterocycles. The molecular formula is C12H25NO2. The number of carbonyl (C=O) groups is 1. The van der Waals surface area contributed by atoms with Gasteiger partial charge in [-0.15, -0.1) is 0 Å². The van der Waals surface area contributed by atoms with Crippen LogP contribution in [0.4, 0.5) is 0 Å². The van der Waals surface area contributed by atoms with Gasteiger partial charge in [-0.3, -0.25) is 4.79 Å². The molecule has 1 unspecified atom stereocenters. The molecule has 0 aromatic heterocycles. The molecule has 0 aliphatic heterocycles. The lowest BCUT2D eigenvalue weighted by Gasteiger charge is -2.28. The van der Waals surface area contributed by atoms with E-state index in [2.05, 4.69) is 25.7 Å². The predicted molar refractivity (Wildman–Crippen MR) is 62.9 cm³/mol. The van der Waals surface area contributed by atoms with Gasteiger partial charge >= 0.3 is 5.97 Å². The monoisotopic (exact) mass is 215 g/mol. The average molecular weight is 215 g/mol. The molecule has 3 nitrogen and oxygen atoms in total. The first-order valence-electron chi connectivity index (χ1n) is 6.09. The van der Waals surface area contributed by atoms with Crippen molar-refractivity contribution in [2.45, 2.75) is 53.0 Å². The van der Waals surface area contributed by atoms with Gasteiger partial charge in [-0.25, -0.2) is 0 Å². The average Bonchev–Trinajstić information content (AvgIpc) is 2.20. The van der Waals surface area contributed by atoms with E-state index in [0.717, 1.165) is 25.9 Å². The second-order valence-electron chi connectivity index (χ2n) is 3.67. The molecule has 15 heavy (non-hydrogen) atoms. The van der Waals surface area contributed by atoms with Gasteiger partial charge in [-0.1, -0.05) is 27.2 Å². The van der Waals surface area contributed by atoms with E-state index in [1.807, 2.05) is 6.92 Å². The number of ether oxygens (including phenoxy) is 1. The van der Waals surface area contributed by atoms with Crippen molar-refractivity contribution in [1.29, 1.82) is 0 Å². The molecule has 0 amide bonds. The predicted octanol–water partition coefficient (Wildman–Crippen LogP) is 2.45. The number of rotatable bonds is 8. The molecule has 1 atom stereocenters. The Morgan fingerprint density at radius 3 is 2.20 bits per heavy atom. The Bertz CT molecular complexity index is 167. The van der Waals surface area contributed by atoms with Gasteiger partial charge in [0, 0.05) is 6.04 Å². The van der Waals surface area contributed by atoms with E-state index < -0.39 is 0 Å². The number of hydrogen-bond acceptors (Lipinski definition) is 3. The van der Waals surface area contributed by atoms with E-state index in [-0.39, 0.29) is 5.97 Å². The minimum absolute atomic E-state index is 0.0668. The van der Waals surface area contributed by atoms with E-state index in [1.165, 1.54) is 0 Å². The van der Waals surface area contributed by atoms with Crippen molar-refractivity contribution in [1.82, 2.24) is 4.90 Å². The van der Waals surface area contributed by atoms with Crippen LogP contribution < -0.4 is 0 Å². The summed E-state index contributed by atoms with van der Waals surface area (Å²) in [6.07, 6.45) is 2.71. The topological polar surface area (TPSA) is 29.5 Å². The Kier molecular flexibility index (Phi) is 8.38. The van der Waals surface area contributed by atoms with Crippen LogP contribution in [0.1, 0.15) is 47.0 Å². The van der Waals surface area contributed by atoms with Crippen LogP contribution in [0.15, 0.2) is 0 Å². The smallest absolute Gasteiger partial charge is 0.307 e. The second kappa shape index (κ2) is 8.72. The van der Waals surface area contributed by atoms with Gasteiger partial charge in [-0.05, 0) is 26.4 Å². The van der Waals surface area contributed by atoms with Crippen LogP contribution in [0.5, 0.6) is 0 Å². The van der Waals surface area contributed by atoms with Crippen LogP contribution >= 0.6 is 0 Å². The van der Waals surface area contributed by atoms with Crippen LogP contribution in [-0.2, 0) is 9.53 Å². The van der Waals surface area contributed by atoms with Gasteiger partial charge < -0.3 is 9.64 Å². The number of carbonyl (C=O) groups excluding carboxylic acids is 1. The number of hydrogen-bond donors (Lipinski definition) is 0. The van der Waals surface area contributed by atoms with Crippen molar-refractivity contribution < 1.29 is 9.53 Å². The zero-order valence-electron chi connectivity index (χ0n) is 10.6. The van der Waals surface area contributed by atoms with E-state index in [0.29, 0.717) is 19.1 Å². The van der Waals surface area contributed by atoms with Crippen molar-refractivity contribution in [2.75, 3.05) is 19.7 Å². The fourth-order valence-electron chi connectivity index (χ4n) is 1.90. The molecule has 90 valence electrons. The lowest BCUT2D eigenvalue weighted by Crippen LogP contribution is -2.37. The molecule has 0 fully saturated rings. The van der Waals surface area contributed by atoms with Gasteiger partial charge in [0.05, 0.1) is 13.0 Å². The standard InChI is InChI=1S/C12H25NO2/c1-5-9-11(13(6-2)7-3)10-12(14)15-8-4/h11H,5-10H2,1-4H3. The maximum atomic E-state index is 11.4. The van der Waals surface area contributed by atoms with Crippen LogP contribution in [0.2, 0.25) is 0 Å². The quantitative estimate of drug-likeness (QED) is 0.582. The minimum atomic E-state index is -0.0668. The number of nitrogens with zero attached hydrogens (tertiary/aromatic N) is 1. The Hall–Kier alpha value is -0.570. The summed E-state index contributed by atoms with van der Waals surface area (Å²) >= 11 is 0. The molecule has 0 rings (SSSR count). The zero-order valence-corrected chi connectivity index (χ0v) is 10.6. The molecule has 0 aromatic rings. The van der Waals surface area contributed by atoms with E-state index >= 15 is 0 Å². The number of esters is 1. The van der Waals surface area contributed by atoms with Crippen LogP contribution in [0.3, 0.4) is 0 Å². The molecule has 0 saturated carbocycles. The van der Waals surface area contributed by atoms with Crippen LogP contribution in [-0.4, -0.2) is 36.6 Å². The van der Waals surface area contributed by atoms with E-state index in [9.17, 15) is 4.79 Å². The summed E-state index contributed by atoms with van der Waals surface area (Å²) < 4.78 is 4.99. The van der Waals surface area contributed by atoms with Gasteiger partial charge in [0.25, 0.3) is 0 Å². The Balaban J connectivity index is 4.18. The molecule has 0 aromatic carbocycles. The molecule has 0 bridgehead atoms. The van der Waals surface area contributed by atoms with Crippen molar-refractivity contribution >= 4 is 5.97 Å². The van der Waals surface area contributed by atoms with E-state index in [4.69, 9.17) is 4.74 Å². The van der Waals surface area contributed by atoms with Crippen LogP contribution in [0, 0.1) is 0 Å². The first-order valence-corrected chi connectivity index (χ1v) is 6.09. The third-order valence-electron chi connectivity index (χ3n) is 2.66. The molecule has 0 spiro atoms. The van der Waals surface area contributed by atoms with Crippen molar-refractivity contribution in [3.8, 4) is 0 Å². The Morgan fingerprint density at radius 1 is 1.20 bits per heavy atom. The van der Waals surface area contributed by atoms with Gasteiger partial charge in [-0.2, -0.15) is 0 Å². The normalized spacial score (nSPS) is 12.9. The third-order valence-corrected chi connectivity index (χ3v) is 2.66. The highest BCUT2D eigenvalue weighted by atomic mass is 16.5. The maximum Gasteiger partial charge on any atom is 0.307 e. The highest BCUT2D eigenvalue weighted by molar-refractivity contribution is 5.70. The fraction of sp³-hybridized carbons (Fsp3) is 0.917. The van der Waals surface area contributed by atoms with Gasteiger partial charge in [0.1, 0.15) is 0 Å². The van der Waals surface area contributed by atoms with Crippen molar-refractivity contribution in [3.05, 3.63) is 0 Å². The van der Waals surface area contributed by atoms with Gasteiger partial charge in [0.2, 0.25) is 0 Å². The second-order valence-corrected chi connectivity index (χ2v) is 3.67.